The Morgan fingerprint density at radius 1 is 1.23 bits per heavy atom. The number of aryl methyl sites for hydroxylation is 2. The molecule has 166 valence electrons. The summed E-state index contributed by atoms with van der Waals surface area (Å²) in [6.07, 6.45) is -6.12. The fourth-order valence-corrected chi connectivity index (χ4v) is 4.69. The van der Waals surface area contributed by atoms with Crippen molar-refractivity contribution in [2.45, 2.75) is 52.2 Å². The Kier molecular flexibility index (Phi) is 6.27. The Morgan fingerprint density at radius 3 is 2.50 bits per heavy atom. The zero-order chi connectivity index (χ0) is 22.2. The van der Waals surface area contributed by atoms with Gasteiger partial charge in [-0.15, -0.1) is 11.3 Å². The predicted molar refractivity (Wildman–Crippen MR) is 106 cm³/mol. The average molecular weight is 448 g/mol. The van der Waals surface area contributed by atoms with Crippen LogP contribution in [0.15, 0.2) is 9.59 Å². The lowest BCUT2D eigenvalue weighted by molar-refractivity contribution is -0.136. The Morgan fingerprint density at radius 2 is 1.93 bits per heavy atom. The normalized spacial score (nSPS) is 15.8. The number of methoxy groups -OCH3 is 1. The third-order valence-electron chi connectivity index (χ3n) is 5.13. The summed E-state index contributed by atoms with van der Waals surface area (Å²) in [5, 5.41) is 2.89. The van der Waals surface area contributed by atoms with Gasteiger partial charge in [-0.2, -0.15) is 13.2 Å². The Hall–Kier alpha value is -2.34. The van der Waals surface area contributed by atoms with Gasteiger partial charge in [0.05, 0.1) is 31.0 Å². The highest BCUT2D eigenvalue weighted by atomic mass is 32.1. The molecule has 3 rings (SSSR count). The van der Waals surface area contributed by atoms with Crippen molar-refractivity contribution in [3.8, 4) is 0 Å². The van der Waals surface area contributed by atoms with E-state index in [1.165, 1.54) is 7.11 Å². The van der Waals surface area contributed by atoms with Crippen molar-refractivity contribution < 1.29 is 22.7 Å². The van der Waals surface area contributed by atoms with E-state index in [4.69, 9.17) is 4.74 Å². The molecule has 3 heterocycles. The largest absolute Gasteiger partial charge is 0.390 e. The van der Waals surface area contributed by atoms with Crippen LogP contribution in [0.1, 0.15) is 23.8 Å². The van der Waals surface area contributed by atoms with Crippen LogP contribution in [0, 0.1) is 6.92 Å². The molecule has 0 radical (unpaired) electrons. The van der Waals surface area contributed by atoms with Crippen LogP contribution in [0.3, 0.4) is 0 Å². The standard InChI is InChI=1S/C18H23F3N4O4S/c1-10(29-3)8-25-14(26)13-11(2)12(9-23-7-5-22-16(23)27)30-15(13)24(17(25)28)6-4-18(19,20)21/h10H,4-9H2,1-3H3,(H,22,27). The molecule has 2 amide bonds. The van der Waals surface area contributed by atoms with Crippen LogP contribution in [0.2, 0.25) is 0 Å². The summed E-state index contributed by atoms with van der Waals surface area (Å²) < 4.78 is 45.7. The van der Waals surface area contributed by atoms with Gasteiger partial charge in [-0.25, -0.2) is 9.59 Å². The third kappa shape index (κ3) is 4.38. The maximum Gasteiger partial charge on any atom is 0.390 e. The molecule has 2 aromatic rings. The van der Waals surface area contributed by atoms with E-state index >= 15 is 0 Å². The molecule has 1 atom stereocenters. The van der Waals surface area contributed by atoms with E-state index in [0.29, 0.717) is 23.5 Å². The van der Waals surface area contributed by atoms with Gasteiger partial charge in [-0.05, 0) is 19.4 Å². The molecule has 2 aromatic heterocycles. The molecule has 1 N–H and O–H groups in total. The minimum atomic E-state index is -4.45. The van der Waals surface area contributed by atoms with E-state index in [9.17, 15) is 27.6 Å². The molecule has 0 aliphatic carbocycles. The van der Waals surface area contributed by atoms with Crippen LogP contribution < -0.4 is 16.6 Å². The summed E-state index contributed by atoms with van der Waals surface area (Å²) >= 11 is 1.08. The molecule has 12 heteroatoms. The van der Waals surface area contributed by atoms with Crippen molar-refractivity contribution in [1.82, 2.24) is 19.4 Å². The summed E-state index contributed by atoms with van der Waals surface area (Å²) in [4.78, 5) is 40.3. The quantitative estimate of drug-likeness (QED) is 0.703. The van der Waals surface area contributed by atoms with Gasteiger partial charge in [0.2, 0.25) is 0 Å². The highest BCUT2D eigenvalue weighted by molar-refractivity contribution is 7.18. The van der Waals surface area contributed by atoms with E-state index in [-0.39, 0.29) is 29.3 Å². The summed E-state index contributed by atoms with van der Waals surface area (Å²) in [6.45, 7) is 3.89. The SMILES string of the molecule is COC(C)Cn1c(=O)c2c(C)c(CN3CCNC3=O)sc2n(CCC(F)(F)F)c1=O. The second kappa shape index (κ2) is 8.42. The van der Waals surface area contributed by atoms with Gasteiger partial charge in [-0.3, -0.25) is 13.9 Å². The van der Waals surface area contributed by atoms with Gasteiger partial charge in [0.1, 0.15) is 4.83 Å². The molecule has 0 saturated carbocycles. The van der Waals surface area contributed by atoms with E-state index < -0.39 is 36.5 Å². The summed E-state index contributed by atoms with van der Waals surface area (Å²) in [5.41, 5.74) is -0.792. The van der Waals surface area contributed by atoms with Gasteiger partial charge in [0.15, 0.2) is 0 Å². The molecule has 1 unspecified atom stereocenters. The Balaban J connectivity index is 2.16. The number of ether oxygens (including phenoxy) is 1. The molecule has 0 bridgehead atoms. The molecule has 0 spiro atoms. The van der Waals surface area contributed by atoms with Gasteiger partial charge in [0.25, 0.3) is 5.56 Å². The molecule has 1 aliphatic rings. The minimum Gasteiger partial charge on any atom is -0.380 e. The van der Waals surface area contributed by atoms with Crippen LogP contribution in [-0.4, -0.2) is 52.5 Å². The highest BCUT2D eigenvalue weighted by Crippen LogP contribution is 2.30. The van der Waals surface area contributed by atoms with Gasteiger partial charge in [-0.1, -0.05) is 0 Å². The van der Waals surface area contributed by atoms with E-state index in [2.05, 4.69) is 5.32 Å². The lowest BCUT2D eigenvalue weighted by atomic mass is 10.2. The van der Waals surface area contributed by atoms with Crippen molar-refractivity contribution in [1.29, 1.82) is 0 Å². The first kappa shape index (κ1) is 22.3. The van der Waals surface area contributed by atoms with Crippen LogP contribution in [0.25, 0.3) is 10.2 Å². The monoisotopic (exact) mass is 448 g/mol. The zero-order valence-corrected chi connectivity index (χ0v) is 17.7. The number of carbonyl (C=O) groups is 1. The van der Waals surface area contributed by atoms with Crippen molar-refractivity contribution in [3.63, 3.8) is 0 Å². The van der Waals surface area contributed by atoms with Crippen LogP contribution >= 0.6 is 11.3 Å². The first-order valence-electron chi connectivity index (χ1n) is 9.41. The number of hydrogen-bond acceptors (Lipinski definition) is 5. The number of amides is 2. The van der Waals surface area contributed by atoms with E-state index in [1.807, 2.05) is 0 Å². The molecular formula is C18H23F3N4O4S. The lowest BCUT2D eigenvalue weighted by Crippen LogP contribution is -2.42. The number of halogens is 3. The maximum absolute atomic E-state index is 13.1. The highest BCUT2D eigenvalue weighted by Gasteiger charge is 2.29. The van der Waals surface area contributed by atoms with Crippen molar-refractivity contribution in [3.05, 3.63) is 31.3 Å². The van der Waals surface area contributed by atoms with Crippen LogP contribution in [0.5, 0.6) is 0 Å². The number of carbonyl (C=O) groups excluding carboxylic acids is 1. The Bertz CT molecular complexity index is 1070. The number of nitrogens with one attached hydrogen (secondary N) is 1. The number of fused-ring (bicyclic) bond motifs is 1. The molecule has 30 heavy (non-hydrogen) atoms. The number of hydrogen-bond donors (Lipinski definition) is 1. The first-order valence-corrected chi connectivity index (χ1v) is 10.2. The number of nitrogens with zero attached hydrogens (tertiary/aromatic N) is 3. The summed E-state index contributed by atoms with van der Waals surface area (Å²) in [5.74, 6) is 0. The van der Waals surface area contributed by atoms with Crippen LogP contribution in [0.4, 0.5) is 18.0 Å². The summed E-state index contributed by atoms with van der Waals surface area (Å²) in [7, 11) is 1.42. The minimum absolute atomic E-state index is 0.0741. The lowest BCUT2D eigenvalue weighted by Gasteiger charge is -2.15. The second-order valence-electron chi connectivity index (χ2n) is 7.25. The second-order valence-corrected chi connectivity index (χ2v) is 8.33. The van der Waals surface area contributed by atoms with Gasteiger partial charge < -0.3 is 15.0 Å². The fraction of sp³-hybridized carbons (Fsp3) is 0.611. The number of urea groups is 1. The van der Waals surface area contributed by atoms with Crippen molar-refractivity contribution >= 4 is 27.6 Å². The number of rotatable bonds is 7. The molecular weight excluding hydrogens is 425 g/mol. The summed E-state index contributed by atoms with van der Waals surface area (Å²) in [6, 6.07) is -0.243. The smallest absolute Gasteiger partial charge is 0.380 e. The number of thiophene rings is 1. The Labute approximate surface area is 173 Å². The topological polar surface area (TPSA) is 85.6 Å². The number of aromatic nitrogens is 2. The van der Waals surface area contributed by atoms with E-state index in [0.717, 1.165) is 20.5 Å². The predicted octanol–water partition coefficient (Wildman–Crippen LogP) is 2.05. The van der Waals surface area contributed by atoms with Gasteiger partial charge >= 0.3 is 17.9 Å². The molecule has 0 aromatic carbocycles. The van der Waals surface area contributed by atoms with Crippen molar-refractivity contribution in [2.75, 3.05) is 20.2 Å². The number of alkyl halides is 3. The third-order valence-corrected chi connectivity index (χ3v) is 6.43. The van der Waals surface area contributed by atoms with Gasteiger partial charge in [0, 0.05) is 31.6 Å². The van der Waals surface area contributed by atoms with E-state index in [1.54, 1.807) is 18.7 Å². The maximum atomic E-state index is 13.1. The molecule has 1 saturated heterocycles. The molecule has 1 aliphatic heterocycles. The molecule has 8 nitrogen and oxygen atoms in total. The van der Waals surface area contributed by atoms with Crippen LogP contribution in [-0.2, 0) is 24.4 Å². The van der Waals surface area contributed by atoms with Crippen molar-refractivity contribution in [2.24, 2.45) is 0 Å². The fourth-order valence-electron chi connectivity index (χ4n) is 3.36. The average Bonchev–Trinajstić information content (AvgIpc) is 3.21. The first-order chi connectivity index (χ1) is 14.0. The zero-order valence-electron chi connectivity index (χ0n) is 16.8. The molecule has 1 fully saturated rings.